The van der Waals surface area contributed by atoms with Gasteiger partial charge in [0, 0.05) is 6.04 Å². The highest BCUT2D eigenvalue weighted by atomic mass is 32.2. The summed E-state index contributed by atoms with van der Waals surface area (Å²) in [5.41, 5.74) is 0. The van der Waals surface area contributed by atoms with Gasteiger partial charge in [-0.05, 0) is 31.5 Å². The molecule has 2 atom stereocenters. The number of hydrogen-bond acceptors (Lipinski definition) is 4. The smallest absolute Gasteiger partial charge is 0.180 e. The SMILES string of the molecule is O=S(=O)(C[C@@H]1NCCC[C@@H]1O)c1ccccc1. The molecule has 17 heavy (non-hydrogen) atoms. The Morgan fingerprint density at radius 1 is 1.29 bits per heavy atom. The van der Waals surface area contributed by atoms with Crippen LogP contribution >= 0.6 is 0 Å². The summed E-state index contributed by atoms with van der Waals surface area (Å²) in [4.78, 5) is 0.319. The maximum atomic E-state index is 12.1. The first-order valence-corrected chi connectivity index (χ1v) is 7.44. The van der Waals surface area contributed by atoms with Crippen LogP contribution in [0.2, 0.25) is 0 Å². The molecule has 0 radical (unpaired) electrons. The Kier molecular flexibility index (Phi) is 3.81. The number of aliphatic hydroxyl groups is 1. The van der Waals surface area contributed by atoms with Crippen molar-refractivity contribution in [2.45, 2.75) is 29.9 Å². The highest BCUT2D eigenvalue weighted by molar-refractivity contribution is 7.91. The Morgan fingerprint density at radius 2 is 2.00 bits per heavy atom. The van der Waals surface area contributed by atoms with Crippen molar-refractivity contribution in [3.63, 3.8) is 0 Å². The fraction of sp³-hybridized carbons (Fsp3) is 0.500. The number of aliphatic hydroxyl groups excluding tert-OH is 1. The maximum absolute atomic E-state index is 12.1. The average molecular weight is 255 g/mol. The number of hydrogen-bond donors (Lipinski definition) is 2. The molecular weight excluding hydrogens is 238 g/mol. The van der Waals surface area contributed by atoms with Gasteiger partial charge in [-0.3, -0.25) is 0 Å². The van der Waals surface area contributed by atoms with Gasteiger partial charge < -0.3 is 10.4 Å². The highest BCUT2D eigenvalue weighted by Crippen LogP contribution is 2.16. The predicted octanol–water partition coefficient (Wildman–Crippen LogP) is 0.573. The van der Waals surface area contributed by atoms with Gasteiger partial charge >= 0.3 is 0 Å². The minimum atomic E-state index is -3.32. The lowest BCUT2D eigenvalue weighted by Crippen LogP contribution is -2.48. The first-order chi connectivity index (χ1) is 8.09. The van der Waals surface area contributed by atoms with Crippen molar-refractivity contribution in [2.75, 3.05) is 12.3 Å². The Hall–Kier alpha value is -0.910. The monoisotopic (exact) mass is 255 g/mol. The van der Waals surface area contributed by atoms with Gasteiger partial charge in [0.1, 0.15) is 0 Å². The molecule has 1 heterocycles. The van der Waals surface area contributed by atoms with E-state index in [4.69, 9.17) is 0 Å². The molecule has 1 aliphatic rings. The molecule has 2 N–H and O–H groups in total. The first kappa shape index (κ1) is 12.5. The number of piperidine rings is 1. The molecule has 0 aliphatic carbocycles. The second-order valence-electron chi connectivity index (χ2n) is 4.36. The molecule has 5 heteroatoms. The lowest BCUT2D eigenvalue weighted by Gasteiger charge is -2.28. The normalized spacial score (nSPS) is 25.7. The zero-order valence-electron chi connectivity index (χ0n) is 9.54. The summed E-state index contributed by atoms with van der Waals surface area (Å²) in [6, 6.07) is 8.02. The molecule has 1 aliphatic heterocycles. The average Bonchev–Trinajstić information content (AvgIpc) is 2.33. The van der Waals surface area contributed by atoms with Crippen LogP contribution in [-0.2, 0) is 9.84 Å². The quantitative estimate of drug-likeness (QED) is 0.829. The van der Waals surface area contributed by atoms with Crippen LogP contribution < -0.4 is 5.32 Å². The van der Waals surface area contributed by atoms with E-state index in [0.29, 0.717) is 11.3 Å². The first-order valence-electron chi connectivity index (χ1n) is 5.79. The lowest BCUT2D eigenvalue weighted by atomic mass is 10.0. The van der Waals surface area contributed by atoms with Gasteiger partial charge in [0.15, 0.2) is 9.84 Å². The van der Waals surface area contributed by atoms with E-state index >= 15 is 0 Å². The van der Waals surface area contributed by atoms with Crippen molar-refractivity contribution in [3.8, 4) is 0 Å². The molecule has 1 aromatic rings. The van der Waals surface area contributed by atoms with E-state index in [2.05, 4.69) is 5.32 Å². The number of benzene rings is 1. The Labute approximate surface area is 102 Å². The number of nitrogens with one attached hydrogen (secondary N) is 1. The highest BCUT2D eigenvalue weighted by Gasteiger charge is 2.28. The number of sulfone groups is 1. The Morgan fingerprint density at radius 3 is 2.65 bits per heavy atom. The van der Waals surface area contributed by atoms with Crippen LogP contribution in [0.15, 0.2) is 35.2 Å². The molecule has 1 saturated heterocycles. The maximum Gasteiger partial charge on any atom is 0.180 e. The summed E-state index contributed by atoms with van der Waals surface area (Å²) in [5.74, 6) is -0.0435. The second-order valence-corrected chi connectivity index (χ2v) is 6.40. The third-order valence-corrected chi connectivity index (χ3v) is 4.84. The molecule has 0 unspecified atom stereocenters. The molecule has 0 amide bonds. The van der Waals surface area contributed by atoms with Crippen molar-refractivity contribution >= 4 is 9.84 Å². The lowest BCUT2D eigenvalue weighted by molar-refractivity contribution is 0.105. The van der Waals surface area contributed by atoms with Crippen molar-refractivity contribution in [1.29, 1.82) is 0 Å². The zero-order chi connectivity index (χ0) is 12.3. The minimum absolute atomic E-state index is 0.0435. The van der Waals surface area contributed by atoms with Gasteiger partial charge in [0.05, 0.1) is 16.8 Å². The van der Waals surface area contributed by atoms with E-state index in [1.165, 1.54) is 0 Å². The number of rotatable bonds is 3. The molecule has 0 saturated carbocycles. The standard InChI is InChI=1S/C12H17NO3S/c14-12-7-4-8-13-11(12)9-17(15,16)10-5-2-1-3-6-10/h1-3,5-6,11-14H,4,7-9H2/t11-,12-/m0/s1. The fourth-order valence-electron chi connectivity index (χ4n) is 2.07. The van der Waals surface area contributed by atoms with Crippen LogP contribution in [0.3, 0.4) is 0 Å². The predicted molar refractivity (Wildman–Crippen MR) is 65.5 cm³/mol. The van der Waals surface area contributed by atoms with E-state index in [1.807, 2.05) is 0 Å². The van der Waals surface area contributed by atoms with Gasteiger partial charge in [-0.25, -0.2) is 8.42 Å². The summed E-state index contributed by atoms with van der Waals surface area (Å²) >= 11 is 0. The Bertz CT molecular complexity index is 458. The van der Waals surface area contributed by atoms with Crippen LogP contribution in [0, 0.1) is 0 Å². The van der Waals surface area contributed by atoms with Gasteiger partial charge in [-0.1, -0.05) is 18.2 Å². The van der Waals surface area contributed by atoms with Crippen molar-refractivity contribution in [1.82, 2.24) is 5.32 Å². The van der Waals surface area contributed by atoms with Crippen LogP contribution in [0.1, 0.15) is 12.8 Å². The summed E-state index contributed by atoms with van der Waals surface area (Å²) in [5, 5.41) is 12.8. The van der Waals surface area contributed by atoms with E-state index in [0.717, 1.165) is 13.0 Å². The molecule has 1 fully saturated rings. The Balaban J connectivity index is 2.12. The van der Waals surface area contributed by atoms with Gasteiger partial charge in [-0.15, -0.1) is 0 Å². The van der Waals surface area contributed by atoms with E-state index < -0.39 is 15.9 Å². The van der Waals surface area contributed by atoms with E-state index in [-0.39, 0.29) is 11.8 Å². The summed E-state index contributed by atoms with van der Waals surface area (Å²) in [6.45, 7) is 0.770. The van der Waals surface area contributed by atoms with Crippen molar-refractivity contribution < 1.29 is 13.5 Å². The molecule has 0 aromatic heterocycles. The van der Waals surface area contributed by atoms with E-state index in [1.54, 1.807) is 30.3 Å². The van der Waals surface area contributed by atoms with Crippen LogP contribution in [-0.4, -0.2) is 38.0 Å². The molecule has 1 aromatic carbocycles. The van der Waals surface area contributed by atoms with Crippen LogP contribution in [0.4, 0.5) is 0 Å². The molecular formula is C12H17NO3S. The topological polar surface area (TPSA) is 66.4 Å². The fourth-order valence-corrected chi connectivity index (χ4v) is 3.64. The zero-order valence-corrected chi connectivity index (χ0v) is 10.4. The van der Waals surface area contributed by atoms with Crippen molar-refractivity contribution in [2.24, 2.45) is 0 Å². The van der Waals surface area contributed by atoms with Crippen molar-refractivity contribution in [3.05, 3.63) is 30.3 Å². The third kappa shape index (κ3) is 3.06. The molecule has 2 rings (SSSR count). The second kappa shape index (κ2) is 5.16. The third-order valence-electron chi connectivity index (χ3n) is 3.05. The van der Waals surface area contributed by atoms with E-state index in [9.17, 15) is 13.5 Å². The largest absolute Gasteiger partial charge is 0.391 e. The van der Waals surface area contributed by atoms with Crippen LogP contribution in [0.5, 0.6) is 0 Å². The molecule has 4 nitrogen and oxygen atoms in total. The van der Waals surface area contributed by atoms with Crippen LogP contribution in [0.25, 0.3) is 0 Å². The van der Waals surface area contributed by atoms with Gasteiger partial charge in [-0.2, -0.15) is 0 Å². The van der Waals surface area contributed by atoms with Gasteiger partial charge in [0.25, 0.3) is 0 Å². The summed E-state index contributed by atoms with van der Waals surface area (Å²) in [6.07, 6.45) is 0.993. The minimum Gasteiger partial charge on any atom is -0.391 e. The molecule has 0 bridgehead atoms. The molecule has 94 valence electrons. The summed E-state index contributed by atoms with van der Waals surface area (Å²) in [7, 11) is -3.32. The summed E-state index contributed by atoms with van der Waals surface area (Å²) < 4.78 is 24.2. The van der Waals surface area contributed by atoms with Gasteiger partial charge in [0.2, 0.25) is 0 Å². The molecule has 0 spiro atoms.